The standard InChI is InChI=1S/C11H17N5O3S/c1-15(2)20(18,19)13-4-6-16-5-3-9-7-12-10(8-17)14-11(9)16/h3,5,7,13,17H,4,6,8H2,1-2H3. The van der Waals surface area contributed by atoms with Gasteiger partial charge in [0.15, 0.2) is 5.82 Å². The van der Waals surface area contributed by atoms with Crippen LogP contribution in [0.4, 0.5) is 0 Å². The van der Waals surface area contributed by atoms with Gasteiger partial charge in [-0.25, -0.2) is 14.7 Å². The topological polar surface area (TPSA) is 100 Å². The van der Waals surface area contributed by atoms with Crippen molar-refractivity contribution < 1.29 is 13.5 Å². The zero-order valence-corrected chi connectivity index (χ0v) is 12.1. The van der Waals surface area contributed by atoms with Crippen molar-refractivity contribution in [3.63, 3.8) is 0 Å². The molecule has 0 aliphatic carbocycles. The third-order valence-corrected chi connectivity index (χ3v) is 4.34. The highest BCUT2D eigenvalue weighted by Gasteiger charge is 2.12. The van der Waals surface area contributed by atoms with Crippen molar-refractivity contribution >= 4 is 21.2 Å². The summed E-state index contributed by atoms with van der Waals surface area (Å²) in [6.07, 6.45) is 3.44. The monoisotopic (exact) mass is 299 g/mol. The fourth-order valence-corrected chi connectivity index (χ4v) is 2.29. The maximum absolute atomic E-state index is 11.6. The molecule has 0 fully saturated rings. The molecular formula is C11H17N5O3S. The Bertz CT molecular complexity index is 695. The predicted molar refractivity (Wildman–Crippen MR) is 74.1 cm³/mol. The Morgan fingerprint density at radius 2 is 2.20 bits per heavy atom. The lowest BCUT2D eigenvalue weighted by molar-refractivity contribution is 0.271. The van der Waals surface area contributed by atoms with Crippen LogP contribution in [0.5, 0.6) is 0 Å². The molecule has 2 rings (SSSR count). The second kappa shape index (κ2) is 5.83. The lowest BCUT2D eigenvalue weighted by atomic mass is 10.4. The first-order chi connectivity index (χ1) is 9.44. The van der Waals surface area contributed by atoms with Gasteiger partial charge in [0.1, 0.15) is 12.3 Å². The number of fused-ring (bicyclic) bond motifs is 1. The highest BCUT2D eigenvalue weighted by Crippen LogP contribution is 2.12. The van der Waals surface area contributed by atoms with Gasteiger partial charge in [-0.05, 0) is 6.07 Å². The second-order valence-corrected chi connectivity index (χ2v) is 6.38. The lowest BCUT2D eigenvalue weighted by Gasteiger charge is -2.12. The summed E-state index contributed by atoms with van der Waals surface area (Å²) in [5.41, 5.74) is 0.674. The highest BCUT2D eigenvalue weighted by atomic mass is 32.2. The zero-order chi connectivity index (χ0) is 14.8. The molecule has 9 heteroatoms. The maximum atomic E-state index is 11.6. The molecule has 0 bridgehead atoms. The second-order valence-electron chi connectivity index (χ2n) is 4.41. The fourth-order valence-electron chi connectivity index (χ4n) is 1.69. The normalized spacial score (nSPS) is 12.4. The zero-order valence-electron chi connectivity index (χ0n) is 11.3. The molecule has 2 N–H and O–H groups in total. The molecule has 110 valence electrons. The minimum atomic E-state index is -3.42. The smallest absolute Gasteiger partial charge is 0.278 e. The summed E-state index contributed by atoms with van der Waals surface area (Å²) in [5, 5.41) is 9.88. The largest absolute Gasteiger partial charge is 0.388 e. The molecule has 2 heterocycles. The first kappa shape index (κ1) is 14.9. The summed E-state index contributed by atoms with van der Waals surface area (Å²) < 4.78 is 28.5. The Morgan fingerprint density at radius 3 is 2.85 bits per heavy atom. The lowest BCUT2D eigenvalue weighted by Crippen LogP contribution is -2.37. The van der Waals surface area contributed by atoms with Crippen molar-refractivity contribution in [2.45, 2.75) is 13.2 Å². The van der Waals surface area contributed by atoms with Crippen LogP contribution < -0.4 is 4.72 Å². The van der Waals surface area contributed by atoms with Gasteiger partial charge in [0.25, 0.3) is 10.2 Å². The van der Waals surface area contributed by atoms with E-state index in [0.29, 0.717) is 18.0 Å². The Balaban J connectivity index is 2.11. The molecule has 8 nitrogen and oxygen atoms in total. The first-order valence-corrected chi connectivity index (χ1v) is 7.47. The van der Waals surface area contributed by atoms with Gasteiger partial charge in [-0.3, -0.25) is 0 Å². The quantitative estimate of drug-likeness (QED) is 0.736. The van der Waals surface area contributed by atoms with E-state index in [0.717, 1.165) is 9.69 Å². The molecule has 0 spiro atoms. The van der Waals surface area contributed by atoms with Crippen LogP contribution in [0.3, 0.4) is 0 Å². The average Bonchev–Trinajstić information content (AvgIpc) is 2.81. The summed E-state index contributed by atoms with van der Waals surface area (Å²) >= 11 is 0. The predicted octanol–water partition coefficient (Wildman–Crippen LogP) is -0.680. The van der Waals surface area contributed by atoms with E-state index in [4.69, 9.17) is 5.11 Å². The van der Waals surface area contributed by atoms with Crippen LogP contribution in [0.1, 0.15) is 5.82 Å². The minimum absolute atomic E-state index is 0.228. The van der Waals surface area contributed by atoms with Gasteiger partial charge in [-0.2, -0.15) is 12.7 Å². The van der Waals surface area contributed by atoms with Crippen LogP contribution in [-0.2, 0) is 23.4 Å². The molecule has 0 saturated heterocycles. The molecule has 0 aromatic carbocycles. The van der Waals surface area contributed by atoms with Gasteiger partial charge < -0.3 is 9.67 Å². The summed E-state index contributed by atoms with van der Waals surface area (Å²) in [7, 11) is -0.487. The van der Waals surface area contributed by atoms with Gasteiger partial charge in [0.05, 0.1) is 0 Å². The van der Waals surface area contributed by atoms with E-state index in [1.54, 1.807) is 6.20 Å². The van der Waals surface area contributed by atoms with Crippen molar-refractivity contribution in [3.05, 3.63) is 24.3 Å². The summed E-state index contributed by atoms with van der Waals surface area (Å²) in [5.74, 6) is 0.339. The van der Waals surface area contributed by atoms with Crippen LogP contribution in [0.15, 0.2) is 18.5 Å². The van der Waals surface area contributed by atoms with Crippen LogP contribution in [0, 0.1) is 0 Å². The summed E-state index contributed by atoms with van der Waals surface area (Å²) in [6, 6.07) is 1.84. The van der Waals surface area contributed by atoms with E-state index < -0.39 is 10.2 Å². The molecule has 0 atom stereocenters. The van der Waals surface area contributed by atoms with Gasteiger partial charge in [0.2, 0.25) is 0 Å². The molecule has 0 aliphatic heterocycles. The number of nitrogens with one attached hydrogen (secondary N) is 1. The molecule has 0 saturated carbocycles. The number of aliphatic hydroxyl groups is 1. The number of nitrogens with zero attached hydrogens (tertiary/aromatic N) is 4. The first-order valence-electron chi connectivity index (χ1n) is 6.03. The minimum Gasteiger partial charge on any atom is -0.388 e. The average molecular weight is 299 g/mol. The van der Waals surface area contributed by atoms with Crippen molar-refractivity contribution in [2.75, 3.05) is 20.6 Å². The van der Waals surface area contributed by atoms with Crippen LogP contribution in [0.25, 0.3) is 11.0 Å². The summed E-state index contributed by atoms with van der Waals surface area (Å²) in [6.45, 7) is 0.468. The van der Waals surface area contributed by atoms with Gasteiger partial charge in [-0.15, -0.1) is 0 Å². The number of aliphatic hydroxyl groups excluding tert-OH is 1. The Morgan fingerprint density at radius 1 is 1.45 bits per heavy atom. The molecule has 2 aromatic rings. The van der Waals surface area contributed by atoms with Gasteiger partial charge in [-0.1, -0.05) is 0 Å². The Kier molecular flexibility index (Phi) is 4.33. The van der Waals surface area contributed by atoms with Crippen LogP contribution in [-0.4, -0.2) is 53.0 Å². The van der Waals surface area contributed by atoms with E-state index in [2.05, 4.69) is 14.7 Å². The number of hydrogen-bond acceptors (Lipinski definition) is 5. The van der Waals surface area contributed by atoms with Crippen LogP contribution >= 0.6 is 0 Å². The van der Waals surface area contributed by atoms with Crippen molar-refractivity contribution in [1.82, 2.24) is 23.6 Å². The number of hydrogen-bond donors (Lipinski definition) is 2. The molecule has 0 aliphatic rings. The van der Waals surface area contributed by atoms with E-state index >= 15 is 0 Å². The third kappa shape index (κ3) is 3.12. The SMILES string of the molecule is CN(C)S(=O)(=O)NCCn1ccc2cnc(CO)nc21. The third-order valence-electron chi connectivity index (χ3n) is 2.81. The van der Waals surface area contributed by atoms with Gasteiger partial charge >= 0.3 is 0 Å². The fraction of sp³-hybridized carbons (Fsp3) is 0.455. The van der Waals surface area contributed by atoms with Crippen molar-refractivity contribution in [3.8, 4) is 0 Å². The molecule has 0 amide bonds. The molecule has 2 aromatic heterocycles. The molecule has 20 heavy (non-hydrogen) atoms. The van der Waals surface area contributed by atoms with Crippen molar-refractivity contribution in [1.29, 1.82) is 0 Å². The molecular weight excluding hydrogens is 282 g/mol. The van der Waals surface area contributed by atoms with Crippen LogP contribution in [0.2, 0.25) is 0 Å². The Labute approximate surface area is 117 Å². The highest BCUT2D eigenvalue weighted by molar-refractivity contribution is 7.87. The van der Waals surface area contributed by atoms with E-state index in [9.17, 15) is 8.42 Å². The summed E-state index contributed by atoms with van der Waals surface area (Å²) in [4.78, 5) is 8.21. The van der Waals surface area contributed by atoms with E-state index in [1.807, 2.05) is 16.8 Å². The number of rotatable bonds is 6. The van der Waals surface area contributed by atoms with E-state index in [-0.39, 0.29) is 13.2 Å². The molecule has 0 radical (unpaired) electrons. The Hall–Kier alpha value is -1.55. The number of aromatic nitrogens is 3. The van der Waals surface area contributed by atoms with Crippen molar-refractivity contribution in [2.24, 2.45) is 0 Å². The van der Waals surface area contributed by atoms with Gasteiger partial charge in [0, 0.05) is 45.0 Å². The maximum Gasteiger partial charge on any atom is 0.278 e. The van der Waals surface area contributed by atoms with E-state index in [1.165, 1.54) is 14.1 Å². The molecule has 0 unspecified atom stereocenters.